The quantitative estimate of drug-likeness (QED) is 0.846. The van der Waals surface area contributed by atoms with E-state index in [2.05, 4.69) is 23.4 Å². The zero-order chi connectivity index (χ0) is 11.4. The molecule has 0 spiro atoms. The molecule has 3 heteroatoms. The van der Waals surface area contributed by atoms with Gasteiger partial charge in [-0.2, -0.15) is 5.10 Å². The fourth-order valence-corrected chi connectivity index (χ4v) is 2.64. The largest absolute Gasteiger partial charge is 0.308 e. The van der Waals surface area contributed by atoms with Gasteiger partial charge >= 0.3 is 0 Å². The summed E-state index contributed by atoms with van der Waals surface area (Å²) in [5, 5.41) is 7.82. The van der Waals surface area contributed by atoms with Crippen LogP contribution in [0.4, 0.5) is 0 Å². The molecule has 0 aromatic carbocycles. The predicted octanol–water partition coefficient (Wildman–Crippen LogP) is 2.48. The minimum atomic E-state index is 0.634. The molecule has 90 valence electrons. The number of aromatic nitrogens is 2. The number of rotatable bonds is 4. The molecule has 2 rings (SSSR count). The molecule has 1 atom stereocenters. The van der Waals surface area contributed by atoms with Crippen molar-refractivity contribution in [1.29, 1.82) is 0 Å². The van der Waals surface area contributed by atoms with Gasteiger partial charge in [0.15, 0.2) is 0 Å². The smallest absolute Gasteiger partial charge is 0.0518 e. The zero-order valence-electron chi connectivity index (χ0n) is 10.4. The van der Waals surface area contributed by atoms with Gasteiger partial charge in [0.05, 0.1) is 5.69 Å². The molecule has 1 N–H and O–H groups in total. The van der Waals surface area contributed by atoms with E-state index in [1.54, 1.807) is 0 Å². The second-order valence-corrected chi connectivity index (χ2v) is 5.01. The lowest BCUT2D eigenvalue weighted by atomic mass is 9.84. The van der Waals surface area contributed by atoms with E-state index in [4.69, 9.17) is 0 Å². The minimum absolute atomic E-state index is 0.634. The van der Waals surface area contributed by atoms with E-state index < -0.39 is 0 Å². The third kappa shape index (κ3) is 2.85. The lowest BCUT2D eigenvalue weighted by Gasteiger charge is -2.28. The summed E-state index contributed by atoms with van der Waals surface area (Å²) in [4.78, 5) is 0. The van der Waals surface area contributed by atoms with Crippen molar-refractivity contribution in [1.82, 2.24) is 15.1 Å². The Morgan fingerprint density at radius 2 is 2.19 bits per heavy atom. The van der Waals surface area contributed by atoms with E-state index in [1.165, 1.54) is 37.8 Å². The van der Waals surface area contributed by atoms with E-state index in [0.29, 0.717) is 6.04 Å². The Balaban J connectivity index is 1.78. The van der Waals surface area contributed by atoms with E-state index in [9.17, 15) is 0 Å². The molecule has 1 aliphatic rings. The topological polar surface area (TPSA) is 29.9 Å². The molecule has 0 radical (unpaired) electrons. The van der Waals surface area contributed by atoms with E-state index in [-0.39, 0.29) is 0 Å². The summed E-state index contributed by atoms with van der Waals surface area (Å²) >= 11 is 0. The summed E-state index contributed by atoms with van der Waals surface area (Å²) in [7, 11) is 2.00. The van der Waals surface area contributed by atoms with Crippen LogP contribution < -0.4 is 5.32 Å². The molecule has 0 bridgehead atoms. The van der Waals surface area contributed by atoms with Crippen LogP contribution in [-0.4, -0.2) is 15.8 Å². The van der Waals surface area contributed by atoms with Gasteiger partial charge in [-0.25, -0.2) is 0 Å². The van der Waals surface area contributed by atoms with Crippen LogP contribution in [0.1, 0.15) is 44.7 Å². The maximum atomic E-state index is 4.18. The third-order valence-corrected chi connectivity index (χ3v) is 3.88. The summed E-state index contributed by atoms with van der Waals surface area (Å²) in [6.45, 7) is 3.26. The summed E-state index contributed by atoms with van der Waals surface area (Å²) in [6.07, 6.45) is 8.94. The van der Waals surface area contributed by atoms with E-state index in [1.807, 2.05) is 17.9 Å². The molecule has 1 heterocycles. The number of hydrogen-bond acceptors (Lipinski definition) is 2. The van der Waals surface area contributed by atoms with Crippen molar-refractivity contribution in [2.75, 3.05) is 0 Å². The molecule has 1 fully saturated rings. The van der Waals surface area contributed by atoms with Crippen molar-refractivity contribution >= 4 is 0 Å². The number of nitrogens with one attached hydrogen (secondary N) is 1. The van der Waals surface area contributed by atoms with Gasteiger partial charge in [0, 0.05) is 25.8 Å². The predicted molar refractivity (Wildman–Crippen MR) is 66.1 cm³/mol. The fraction of sp³-hybridized carbons (Fsp3) is 0.769. The fourth-order valence-electron chi connectivity index (χ4n) is 2.64. The molecular formula is C13H23N3. The average molecular weight is 221 g/mol. The standard InChI is InChI=1S/C13H23N3/c1-11(12-6-4-3-5-7-12)14-10-13-8-9-15-16(13)2/h8-9,11-12,14H,3-7,10H2,1-2H3/t11-/m1/s1. The highest BCUT2D eigenvalue weighted by Gasteiger charge is 2.19. The van der Waals surface area contributed by atoms with Crippen molar-refractivity contribution in [3.8, 4) is 0 Å². The van der Waals surface area contributed by atoms with Crippen LogP contribution in [0.15, 0.2) is 12.3 Å². The van der Waals surface area contributed by atoms with Gasteiger partial charge in [0.1, 0.15) is 0 Å². The lowest BCUT2D eigenvalue weighted by molar-refractivity contribution is 0.279. The maximum Gasteiger partial charge on any atom is 0.0518 e. The molecule has 1 aliphatic carbocycles. The first-order valence-electron chi connectivity index (χ1n) is 6.47. The van der Waals surface area contributed by atoms with Crippen LogP contribution >= 0.6 is 0 Å². The van der Waals surface area contributed by atoms with Gasteiger partial charge in [0.25, 0.3) is 0 Å². The van der Waals surface area contributed by atoms with Crippen LogP contribution in [0.2, 0.25) is 0 Å². The highest BCUT2D eigenvalue weighted by atomic mass is 15.3. The van der Waals surface area contributed by atoms with Crippen molar-refractivity contribution in [3.63, 3.8) is 0 Å². The van der Waals surface area contributed by atoms with E-state index >= 15 is 0 Å². The Morgan fingerprint density at radius 1 is 1.44 bits per heavy atom. The van der Waals surface area contributed by atoms with Crippen molar-refractivity contribution in [2.45, 2.75) is 51.6 Å². The molecule has 3 nitrogen and oxygen atoms in total. The molecule has 1 saturated carbocycles. The SMILES string of the molecule is C[C@@H](NCc1ccnn1C)C1CCCCC1. The van der Waals surface area contributed by atoms with Gasteiger partial charge in [-0.15, -0.1) is 0 Å². The number of nitrogens with zero attached hydrogens (tertiary/aromatic N) is 2. The van der Waals surface area contributed by atoms with Gasteiger partial charge in [0.2, 0.25) is 0 Å². The van der Waals surface area contributed by atoms with Gasteiger partial charge < -0.3 is 5.32 Å². The van der Waals surface area contributed by atoms with Crippen molar-refractivity contribution in [2.24, 2.45) is 13.0 Å². The summed E-state index contributed by atoms with van der Waals surface area (Å²) in [6, 6.07) is 2.72. The molecule has 1 aromatic heterocycles. The molecule has 0 amide bonds. The van der Waals surface area contributed by atoms with Gasteiger partial charge in [-0.1, -0.05) is 19.3 Å². The maximum absolute atomic E-state index is 4.18. The van der Waals surface area contributed by atoms with Crippen LogP contribution in [0.25, 0.3) is 0 Å². The van der Waals surface area contributed by atoms with Crippen molar-refractivity contribution < 1.29 is 0 Å². The van der Waals surface area contributed by atoms with Gasteiger partial charge in [-0.3, -0.25) is 4.68 Å². The van der Waals surface area contributed by atoms with Crippen molar-refractivity contribution in [3.05, 3.63) is 18.0 Å². The highest BCUT2D eigenvalue weighted by Crippen LogP contribution is 2.26. The Bertz CT molecular complexity index is 313. The van der Waals surface area contributed by atoms with Gasteiger partial charge in [-0.05, 0) is 31.7 Å². The molecule has 1 aromatic rings. The van der Waals surface area contributed by atoms with E-state index in [0.717, 1.165) is 12.5 Å². The molecule has 0 saturated heterocycles. The summed E-state index contributed by atoms with van der Waals surface area (Å²) in [5.74, 6) is 0.877. The first-order valence-corrected chi connectivity index (χ1v) is 6.47. The minimum Gasteiger partial charge on any atom is -0.308 e. The normalized spacial score (nSPS) is 19.9. The van der Waals surface area contributed by atoms with Crippen LogP contribution in [-0.2, 0) is 13.6 Å². The Labute approximate surface area is 98.2 Å². The number of aryl methyl sites for hydroxylation is 1. The molecular weight excluding hydrogens is 198 g/mol. The molecule has 0 aliphatic heterocycles. The first kappa shape index (κ1) is 11.6. The average Bonchev–Trinajstić information content (AvgIpc) is 2.73. The lowest BCUT2D eigenvalue weighted by Crippen LogP contribution is -2.34. The Hall–Kier alpha value is -0.830. The first-order chi connectivity index (χ1) is 7.77. The zero-order valence-corrected chi connectivity index (χ0v) is 10.4. The second kappa shape index (κ2) is 5.48. The van der Waals surface area contributed by atoms with Crippen LogP contribution in [0.5, 0.6) is 0 Å². The summed E-state index contributed by atoms with van der Waals surface area (Å²) < 4.78 is 1.95. The second-order valence-electron chi connectivity index (χ2n) is 5.01. The molecule has 0 unspecified atom stereocenters. The third-order valence-electron chi connectivity index (χ3n) is 3.88. The highest BCUT2D eigenvalue weighted by molar-refractivity contribution is 4.99. The summed E-state index contributed by atoms with van der Waals surface area (Å²) in [5.41, 5.74) is 1.27. The number of hydrogen-bond donors (Lipinski definition) is 1. The Kier molecular flexibility index (Phi) is 3.99. The monoisotopic (exact) mass is 221 g/mol. The van der Waals surface area contributed by atoms with Crippen LogP contribution in [0.3, 0.4) is 0 Å². The van der Waals surface area contributed by atoms with Crippen LogP contribution in [0, 0.1) is 5.92 Å². The molecule has 16 heavy (non-hydrogen) atoms. The Morgan fingerprint density at radius 3 is 2.81 bits per heavy atom.